The molecule has 0 aromatic rings. The molecule has 0 bridgehead atoms. The van der Waals surface area contributed by atoms with Crippen LogP contribution >= 0.6 is 0 Å². The molecule has 60 valence electrons. The molecule has 0 unspecified atom stereocenters. The average molecular weight is 152 g/mol. The van der Waals surface area contributed by atoms with Crippen LogP contribution in [0.15, 0.2) is 17.3 Å². The van der Waals surface area contributed by atoms with Gasteiger partial charge in [-0.25, -0.2) is 0 Å². The minimum absolute atomic E-state index is 0.190. The van der Waals surface area contributed by atoms with Crippen LogP contribution in [0.2, 0.25) is 0 Å². The first-order valence-corrected chi connectivity index (χ1v) is 3.75. The molecule has 2 N–H and O–H groups in total. The summed E-state index contributed by atoms with van der Waals surface area (Å²) in [6, 6.07) is 0. The van der Waals surface area contributed by atoms with Crippen molar-refractivity contribution in [1.82, 2.24) is 0 Å². The molecule has 1 rings (SSSR count). The number of nitrogens with two attached hydrogens (primary N) is 1. The van der Waals surface area contributed by atoms with Crippen molar-refractivity contribution in [3.63, 3.8) is 0 Å². The van der Waals surface area contributed by atoms with Gasteiger partial charge in [0.15, 0.2) is 0 Å². The van der Waals surface area contributed by atoms with Crippen molar-refractivity contribution in [2.75, 3.05) is 6.54 Å². The minimum Gasteiger partial charge on any atom is -0.330 e. The summed E-state index contributed by atoms with van der Waals surface area (Å²) in [6.07, 6.45) is 5.47. The largest absolute Gasteiger partial charge is 0.330 e. The summed E-state index contributed by atoms with van der Waals surface area (Å²) in [5.74, 6) is 0.190. The molecule has 0 atom stereocenters. The third-order valence-electron chi connectivity index (χ3n) is 1.54. The van der Waals surface area contributed by atoms with Crippen LogP contribution in [0, 0.1) is 0 Å². The lowest BCUT2D eigenvalue weighted by atomic mass is 10.1. The van der Waals surface area contributed by atoms with Gasteiger partial charge in [0.1, 0.15) is 5.78 Å². The first-order chi connectivity index (χ1) is 5.33. The molecule has 1 aliphatic heterocycles. The Labute approximate surface area is 66.0 Å². The predicted molar refractivity (Wildman–Crippen MR) is 44.5 cm³/mol. The molecule has 0 radical (unpaired) electrons. The topological polar surface area (TPSA) is 55.5 Å². The van der Waals surface area contributed by atoms with Crippen LogP contribution in [0.1, 0.15) is 19.3 Å². The molecule has 0 aromatic heterocycles. The van der Waals surface area contributed by atoms with Crippen LogP contribution < -0.4 is 5.73 Å². The number of Topliss-reactive ketones (excluding diaryl/α,β-unsaturated/α-hetero) is 1. The Bertz CT molecular complexity index is 206. The summed E-state index contributed by atoms with van der Waals surface area (Å²) in [4.78, 5) is 15.0. The van der Waals surface area contributed by atoms with Crippen LogP contribution in [-0.4, -0.2) is 18.0 Å². The first kappa shape index (κ1) is 8.14. The standard InChI is InChI=1S/C8H12N2O/c9-4-3-8(11)6-7-2-1-5-10-7/h1,5H,2-4,6,9H2. The molecule has 1 aliphatic rings. The van der Waals surface area contributed by atoms with Crippen LogP contribution in [0.5, 0.6) is 0 Å². The van der Waals surface area contributed by atoms with Gasteiger partial charge in [0.05, 0.1) is 0 Å². The summed E-state index contributed by atoms with van der Waals surface area (Å²) in [7, 11) is 0. The smallest absolute Gasteiger partial charge is 0.139 e. The highest BCUT2D eigenvalue weighted by molar-refractivity contribution is 6.03. The van der Waals surface area contributed by atoms with Gasteiger partial charge in [-0.15, -0.1) is 0 Å². The van der Waals surface area contributed by atoms with E-state index < -0.39 is 0 Å². The summed E-state index contributed by atoms with van der Waals surface area (Å²) >= 11 is 0. The Morgan fingerprint density at radius 1 is 1.73 bits per heavy atom. The summed E-state index contributed by atoms with van der Waals surface area (Å²) < 4.78 is 0. The molecule has 0 aromatic carbocycles. The quantitative estimate of drug-likeness (QED) is 0.643. The zero-order valence-corrected chi connectivity index (χ0v) is 6.42. The fourth-order valence-electron chi connectivity index (χ4n) is 0.994. The monoisotopic (exact) mass is 152 g/mol. The Kier molecular flexibility index (Phi) is 2.98. The van der Waals surface area contributed by atoms with Gasteiger partial charge in [-0.3, -0.25) is 9.79 Å². The van der Waals surface area contributed by atoms with Crippen molar-refractivity contribution >= 4 is 11.5 Å². The Hall–Kier alpha value is -0.960. The van der Waals surface area contributed by atoms with E-state index in [0.29, 0.717) is 19.4 Å². The Morgan fingerprint density at radius 2 is 2.55 bits per heavy atom. The minimum atomic E-state index is 0.190. The summed E-state index contributed by atoms with van der Waals surface area (Å²) in [5, 5.41) is 0. The van der Waals surface area contributed by atoms with Gasteiger partial charge in [0.2, 0.25) is 0 Å². The van der Waals surface area contributed by atoms with Gasteiger partial charge in [-0.05, 0) is 6.54 Å². The fourth-order valence-corrected chi connectivity index (χ4v) is 0.994. The van der Waals surface area contributed by atoms with E-state index in [4.69, 9.17) is 5.73 Å². The highest BCUT2D eigenvalue weighted by Crippen LogP contribution is 2.04. The van der Waals surface area contributed by atoms with E-state index in [1.807, 2.05) is 6.08 Å². The number of rotatable bonds is 4. The van der Waals surface area contributed by atoms with Gasteiger partial charge in [-0.1, -0.05) is 6.08 Å². The van der Waals surface area contributed by atoms with E-state index in [-0.39, 0.29) is 5.78 Å². The second-order valence-corrected chi connectivity index (χ2v) is 2.54. The molecule has 0 saturated heterocycles. The molecule has 11 heavy (non-hydrogen) atoms. The first-order valence-electron chi connectivity index (χ1n) is 3.75. The molecule has 0 aliphatic carbocycles. The molecule has 0 amide bonds. The number of hydrogen-bond acceptors (Lipinski definition) is 3. The highest BCUT2D eigenvalue weighted by atomic mass is 16.1. The van der Waals surface area contributed by atoms with Gasteiger partial charge in [0, 0.05) is 31.2 Å². The number of aliphatic imine (C=N–C) groups is 1. The van der Waals surface area contributed by atoms with Crippen LogP contribution in [0.3, 0.4) is 0 Å². The number of nitrogens with zero attached hydrogens (tertiary/aromatic N) is 1. The van der Waals surface area contributed by atoms with Crippen molar-refractivity contribution < 1.29 is 4.79 Å². The molecular formula is C8H12N2O. The zero-order valence-electron chi connectivity index (χ0n) is 6.42. The van der Waals surface area contributed by atoms with Crippen molar-refractivity contribution in [3.8, 4) is 0 Å². The lowest BCUT2D eigenvalue weighted by Crippen LogP contribution is -2.11. The fraction of sp³-hybridized carbons (Fsp3) is 0.500. The molecule has 3 heteroatoms. The molecule has 0 saturated carbocycles. The third kappa shape index (κ3) is 2.63. The van der Waals surface area contributed by atoms with Gasteiger partial charge >= 0.3 is 0 Å². The van der Waals surface area contributed by atoms with Crippen LogP contribution in [0.25, 0.3) is 0 Å². The highest BCUT2D eigenvalue weighted by Gasteiger charge is 2.06. The number of carbonyl (C=O) groups excluding carboxylic acids is 1. The molecule has 3 nitrogen and oxygen atoms in total. The van der Waals surface area contributed by atoms with Crippen molar-refractivity contribution in [1.29, 1.82) is 0 Å². The lowest BCUT2D eigenvalue weighted by molar-refractivity contribution is -0.117. The number of allylic oxidation sites excluding steroid dienone is 1. The maximum absolute atomic E-state index is 11.0. The van der Waals surface area contributed by atoms with E-state index in [1.165, 1.54) is 0 Å². The SMILES string of the molecule is NCCC(=O)CC1=NC=CC1. The van der Waals surface area contributed by atoms with Gasteiger partial charge < -0.3 is 5.73 Å². The van der Waals surface area contributed by atoms with E-state index in [2.05, 4.69) is 4.99 Å². The van der Waals surface area contributed by atoms with Crippen molar-refractivity contribution in [2.24, 2.45) is 10.7 Å². The number of hydrogen-bond donors (Lipinski definition) is 1. The predicted octanol–water partition coefficient (Wildman–Crippen LogP) is 0.653. The normalized spacial score (nSPS) is 15.2. The average Bonchev–Trinajstić information content (AvgIpc) is 2.40. The molecule has 0 spiro atoms. The second kappa shape index (κ2) is 4.03. The van der Waals surface area contributed by atoms with Gasteiger partial charge in [0.25, 0.3) is 0 Å². The van der Waals surface area contributed by atoms with Crippen molar-refractivity contribution in [2.45, 2.75) is 19.3 Å². The third-order valence-corrected chi connectivity index (χ3v) is 1.54. The molecule has 0 fully saturated rings. The lowest BCUT2D eigenvalue weighted by Gasteiger charge is -1.96. The van der Waals surface area contributed by atoms with Crippen molar-refractivity contribution in [3.05, 3.63) is 12.3 Å². The van der Waals surface area contributed by atoms with E-state index in [1.54, 1.807) is 6.20 Å². The van der Waals surface area contributed by atoms with Gasteiger partial charge in [-0.2, -0.15) is 0 Å². The molecular weight excluding hydrogens is 140 g/mol. The Balaban J connectivity index is 2.26. The number of carbonyl (C=O) groups is 1. The van der Waals surface area contributed by atoms with E-state index in [0.717, 1.165) is 12.1 Å². The summed E-state index contributed by atoms with van der Waals surface area (Å²) in [6.45, 7) is 0.444. The maximum Gasteiger partial charge on any atom is 0.139 e. The van der Waals surface area contributed by atoms with Crippen LogP contribution in [0.4, 0.5) is 0 Å². The molecule has 1 heterocycles. The maximum atomic E-state index is 11.0. The van der Waals surface area contributed by atoms with Crippen LogP contribution in [-0.2, 0) is 4.79 Å². The zero-order chi connectivity index (χ0) is 8.10. The van der Waals surface area contributed by atoms with E-state index >= 15 is 0 Å². The van der Waals surface area contributed by atoms with E-state index in [9.17, 15) is 4.79 Å². The number of ketones is 1. The Morgan fingerprint density at radius 3 is 3.09 bits per heavy atom. The summed E-state index contributed by atoms with van der Waals surface area (Å²) in [5.41, 5.74) is 6.19. The second-order valence-electron chi connectivity index (χ2n) is 2.54.